The number of carboxylic acid groups (broad SMARTS) is 1. The number of carboxylic acids is 1. The SMILES string of the molecule is N[C@@H](Cc1ccc(C(F)(F)[P+](=O)S)cc1)C(=O)O. The molecule has 2 atom stereocenters. The Balaban J connectivity index is 2.87. The van der Waals surface area contributed by atoms with E-state index in [1.54, 1.807) is 0 Å². The number of thiol groups is 1. The molecule has 1 aromatic rings. The zero-order chi connectivity index (χ0) is 13.9. The summed E-state index contributed by atoms with van der Waals surface area (Å²) in [6.45, 7) is 0. The molecular formula is C10H11F2NO3PS+. The summed E-state index contributed by atoms with van der Waals surface area (Å²) in [6.07, 6.45) is 0.0359. The second-order valence-electron chi connectivity index (χ2n) is 3.66. The number of aliphatic carboxylic acids is 1. The van der Waals surface area contributed by atoms with Gasteiger partial charge in [-0.2, -0.15) is 8.78 Å². The minimum absolute atomic E-state index is 0.0359. The van der Waals surface area contributed by atoms with Crippen molar-refractivity contribution in [1.82, 2.24) is 0 Å². The predicted molar refractivity (Wildman–Crippen MR) is 66.2 cm³/mol. The van der Waals surface area contributed by atoms with E-state index < -0.39 is 30.2 Å². The van der Waals surface area contributed by atoms with E-state index in [-0.39, 0.29) is 6.42 Å². The van der Waals surface area contributed by atoms with Crippen molar-refractivity contribution in [2.45, 2.75) is 18.1 Å². The highest BCUT2D eigenvalue weighted by Gasteiger charge is 2.51. The Morgan fingerprint density at radius 1 is 1.44 bits per heavy atom. The quantitative estimate of drug-likeness (QED) is 0.575. The second-order valence-corrected chi connectivity index (χ2v) is 5.86. The summed E-state index contributed by atoms with van der Waals surface area (Å²) in [7, 11) is -2.96. The van der Waals surface area contributed by atoms with Crippen molar-refractivity contribution >= 4 is 25.2 Å². The monoisotopic (exact) mass is 294 g/mol. The van der Waals surface area contributed by atoms with Crippen molar-refractivity contribution in [3.05, 3.63) is 35.4 Å². The number of benzene rings is 1. The van der Waals surface area contributed by atoms with E-state index in [0.29, 0.717) is 5.56 Å². The van der Waals surface area contributed by atoms with E-state index in [1.807, 2.05) is 0 Å². The predicted octanol–water partition coefficient (Wildman–Crippen LogP) is 2.36. The Labute approximate surface area is 108 Å². The second kappa shape index (κ2) is 5.73. The van der Waals surface area contributed by atoms with E-state index in [1.165, 1.54) is 12.1 Å². The highest BCUT2D eigenvalue weighted by atomic mass is 32.7. The van der Waals surface area contributed by atoms with Gasteiger partial charge in [0.1, 0.15) is 18.3 Å². The van der Waals surface area contributed by atoms with Gasteiger partial charge in [-0.05, 0) is 24.1 Å². The van der Waals surface area contributed by atoms with Crippen molar-refractivity contribution in [1.29, 1.82) is 0 Å². The van der Waals surface area contributed by atoms with Gasteiger partial charge in [0.05, 0.1) is 5.56 Å². The average molecular weight is 294 g/mol. The molecule has 0 fully saturated rings. The first-order valence-electron chi connectivity index (χ1n) is 4.87. The van der Waals surface area contributed by atoms with Crippen LogP contribution in [-0.2, 0) is 21.4 Å². The Hall–Kier alpha value is -1.04. The summed E-state index contributed by atoms with van der Waals surface area (Å²) < 4.78 is 37.4. The van der Waals surface area contributed by atoms with Crippen LogP contribution in [0.3, 0.4) is 0 Å². The Bertz CT molecular complexity index is 467. The molecule has 18 heavy (non-hydrogen) atoms. The smallest absolute Gasteiger partial charge is 0.480 e. The maximum atomic E-state index is 13.3. The van der Waals surface area contributed by atoms with Gasteiger partial charge in [-0.15, -0.1) is 0 Å². The first-order valence-corrected chi connectivity index (χ1v) is 7.28. The first kappa shape index (κ1) is 15.0. The molecule has 4 nitrogen and oxygen atoms in total. The molecule has 0 aromatic heterocycles. The third-order valence-corrected chi connectivity index (χ3v) is 3.81. The first-order chi connectivity index (χ1) is 8.25. The molecule has 0 saturated heterocycles. The van der Waals surface area contributed by atoms with Crippen LogP contribution >= 0.6 is 19.3 Å². The molecule has 3 N–H and O–H groups in total. The van der Waals surface area contributed by atoms with Crippen molar-refractivity contribution < 1.29 is 23.2 Å². The number of halogens is 2. The van der Waals surface area contributed by atoms with Crippen molar-refractivity contribution in [2.24, 2.45) is 5.73 Å². The molecule has 0 radical (unpaired) electrons. The number of nitrogens with two attached hydrogens (primary N) is 1. The van der Waals surface area contributed by atoms with Crippen molar-refractivity contribution in [3.8, 4) is 0 Å². The third kappa shape index (κ3) is 3.48. The molecule has 0 heterocycles. The number of hydrogen-bond acceptors (Lipinski definition) is 3. The van der Waals surface area contributed by atoms with Gasteiger partial charge in [0, 0.05) is 0 Å². The maximum Gasteiger partial charge on any atom is 0.489 e. The minimum Gasteiger partial charge on any atom is -0.480 e. The summed E-state index contributed by atoms with van der Waals surface area (Å²) in [5, 5.41) is 8.61. The lowest BCUT2D eigenvalue weighted by molar-refractivity contribution is -0.138. The Kier molecular flexibility index (Phi) is 4.78. The van der Waals surface area contributed by atoms with E-state index in [9.17, 15) is 18.1 Å². The molecule has 0 aliphatic heterocycles. The van der Waals surface area contributed by atoms with Crippen LogP contribution in [0, 0.1) is 0 Å². The fourth-order valence-corrected chi connectivity index (χ4v) is 2.01. The van der Waals surface area contributed by atoms with E-state index in [0.717, 1.165) is 12.1 Å². The van der Waals surface area contributed by atoms with Gasteiger partial charge < -0.3 is 10.8 Å². The standard InChI is InChI=1S/C10H10F2NO3PS/c11-10(12,17(16)18)7-3-1-6(2-4-7)5-8(13)9(14)15/h1-4,8H,5,13H2,(H-,14,15,16,18)/p+1/t8-/m0/s1. The van der Waals surface area contributed by atoms with Crippen LogP contribution in [0.15, 0.2) is 24.3 Å². The number of carbonyl (C=O) groups is 1. The summed E-state index contributed by atoms with van der Waals surface area (Å²) in [4.78, 5) is 10.5. The highest BCUT2D eigenvalue weighted by Crippen LogP contribution is 2.52. The highest BCUT2D eigenvalue weighted by molar-refractivity contribution is 8.40. The van der Waals surface area contributed by atoms with Crippen molar-refractivity contribution in [2.75, 3.05) is 0 Å². The molecule has 1 rings (SSSR count). The topological polar surface area (TPSA) is 80.4 Å². The van der Waals surface area contributed by atoms with Crippen molar-refractivity contribution in [3.63, 3.8) is 0 Å². The zero-order valence-corrected chi connectivity index (χ0v) is 10.9. The maximum absolute atomic E-state index is 13.3. The van der Waals surface area contributed by atoms with Gasteiger partial charge in [0.25, 0.3) is 0 Å². The van der Waals surface area contributed by atoms with E-state index in [4.69, 9.17) is 10.8 Å². The summed E-state index contributed by atoms with van der Waals surface area (Å²) in [5.74, 6) is -1.16. The Morgan fingerprint density at radius 2 is 1.94 bits per heavy atom. The number of hydrogen-bond donors (Lipinski definition) is 3. The van der Waals surface area contributed by atoms with Crippen LogP contribution in [-0.4, -0.2) is 17.1 Å². The molecule has 0 saturated carbocycles. The summed E-state index contributed by atoms with van der Waals surface area (Å²) >= 11 is 3.26. The van der Waals surface area contributed by atoms with E-state index in [2.05, 4.69) is 12.2 Å². The van der Waals surface area contributed by atoms with Crippen LogP contribution in [0.25, 0.3) is 0 Å². The molecule has 8 heteroatoms. The molecule has 1 aromatic carbocycles. The lowest BCUT2D eigenvalue weighted by Gasteiger charge is -2.08. The minimum atomic E-state index is -3.51. The molecule has 0 aliphatic rings. The largest absolute Gasteiger partial charge is 0.489 e. The molecule has 0 amide bonds. The lowest BCUT2D eigenvalue weighted by Crippen LogP contribution is -2.32. The van der Waals surface area contributed by atoms with Crippen LogP contribution in [0.5, 0.6) is 0 Å². The fraction of sp³-hybridized carbons (Fsp3) is 0.300. The zero-order valence-electron chi connectivity index (χ0n) is 9.09. The summed E-state index contributed by atoms with van der Waals surface area (Å²) in [6, 6.07) is 3.76. The fourth-order valence-electron chi connectivity index (χ4n) is 1.29. The molecular weight excluding hydrogens is 283 g/mol. The molecule has 0 bridgehead atoms. The van der Waals surface area contributed by atoms with Crippen LogP contribution in [0.2, 0.25) is 0 Å². The van der Waals surface area contributed by atoms with Gasteiger partial charge in [0.15, 0.2) is 0 Å². The van der Waals surface area contributed by atoms with Crippen LogP contribution < -0.4 is 5.73 Å². The molecule has 1 unspecified atom stereocenters. The third-order valence-electron chi connectivity index (χ3n) is 2.31. The average Bonchev–Trinajstić information content (AvgIpc) is 2.29. The van der Waals surface area contributed by atoms with Gasteiger partial charge in [-0.3, -0.25) is 4.79 Å². The molecule has 0 aliphatic carbocycles. The number of alkyl halides is 2. The van der Waals surface area contributed by atoms with Gasteiger partial charge >= 0.3 is 18.6 Å². The van der Waals surface area contributed by atoms with Gasteiger partial charge in [-0.25, -0.2) is 0 Å². The van der Waals surface area contributed by atoms with Crippen LogP contribution in [0.1, 0.15) is 11.1 Å². The van der Waals surface area contributed by atoms with E-state index >= 15 is 0 Å². The normalized spacial score (nSPS) is 14.1. The van der Waals surface area contributed by atoms with Gasteiger partial charge in [-0.1, -0.05) is 16.7 Å². The summed E-state index contributed by atoms with van der Waals surface area (Å²) in [5.41, 5.74) is 1.89. The van der Waals surface area contributed by atoms with Crippen LogP contribution in [0.4, 0.5) is 8.78 Å². The Morgan fingerprint density at radius 3 is 2.33 bits per heavy atom. The van der Waals surface area contributed by atoms with Gasteiger partial charge in [0.2, 0.25) is 0 Å². The number of rotatable bonds is 5. The molecule has 98 valence electrons. The lowest BCUT2D eigenvalue weighted by atomic mass is 10.0. The molecule has 0 spiro atoms.